The van der Waals surface area contributed by atoms with Crippen molar-refractivity contribution in [2.45, 2.75) is 19.8 Å². The predicted octanol–water partition coefficient (Wildman–Crippen LogP) is 1.12. The monoisotopic (exact) mass is 162 g/mol. The molecular formula is C10H15BO. The molecule has 0 aliphatic heterocycles. The largest absolute Gasteiger partial charge is 0.494 e. The smallest absolute Gasteiger partial charge is 0.139 e. The van der Waals surface area contributed by atoms with Crippen LogP contribution < -0.4 is 10.2 Å². The van der Waals surface area contributed by atoms with Crippen molar-refractivity contribution in [2.24, 2.45) is 0 Å². The van der Waals surface area contributed by atoms with Gasteiger partial charge in [0.1, 0.15) is 13.6 Å². The molecule has 0 unspecified atom stereocenters. The molecule has 1 aromatic carbocycles. The number of hydrogen-bond acceptors (Lipinski definition) is 1. The first-order valence-electron chi connectivity index (χ1n) is 4.52. The Labute approximate surface area is 75.2 Å². The summed E-state index contributed by atoms with van der Waals surface area (Å²) in [5, 5.41) is 0. The van der Waals surface area contributed by atoms with Gasteiger partial charge in [-0.3, -0.25) is 0 Å². The van der Waals surface area contributed by atoms with E-state index >= 15 is 0 Å². The molecule has 0 bridgehead atoms. The molecule has 0 aliphatic carbocycles. The van der Waals surface area contributed by atoms with Gasteiger partial charge in [0.2, 0.25) is 0 Å². The molecule has 0 heterocycles. The van der Waals surface area contributed by atoms with Crippen LogP contribution in [0.1, 0.15) is 19.8 Å². The van der Waals surface area contributed by atoms with Crippen molar-refractivity contribution in [3.8, 4) is 5.75 Å². The lowest BCUT2D eigenvalue weighted by Crippen LogP contribution is -2.03. The average Bonchev–Trinajstić information content (AvgIpc) is 2.05. The zero-order valence-electron chi connectivity index (χ0n) is 7.84. The molecule has 0 aromatic heterocycles. The van der Waals surface area contributed by atoms with Gasteiger partial charge in [-0.1, -0.05) is 30.9 Å². The lowest BCUT2D eigenvalue weighted by molar-refractivity contribution is 0.309. The molecule has 0 fully saturated rings. The second-order valence-electron chi connectivity index (χ2n) is 3.02. The highest BCUT2D eigenvalue weighted by molar-refractivity contribution is 6.32. The summed E-state index contributed by atoms with van der Waals surface area (Å²) >= 11 is 0. The minimum absolute atomic E-state index is 0.833. The quantitative estimate of drug-likeness (QED) is 0.476. The van der Waals surface area contributed by atoms with Crippen molar-refractivity contribution >= 4 is 13.3 Å². The van der Waals surface area contributed by atoms with E-state index in [2.05, 4.69) is 26.9 Å². The summed E-state index contributed by atoms with van der Waals surface area (Å²) in [7, 11) is 2.08. The van der Waals surface area contributed by atoms with Crippen LogP contribution in [0, 0.1) is 0 Å². The van der Waals surface area contributed by atoms with Gasteiger partial charge in [0.25, 0.3) is 0 Å². The molecule has 0 atom stereocenters. The van der Waals surface area contributed by atoms with Crippen molar-refractivity contribution in [3.05, 3.63) is 24.3 Å². The summed E-state index contributed by atoms with van der Waals surface area (Å²) in [4.78, 5) is 0. The first-order chi connectivity index (χ1) is 5.83. The first kappa shape index (κ1) is 9.18. The van der Waals surface area contributed by atoms with E-state index in [-0.39, 0.29) is 0 Å². The van der Waals surface area contributed by atoms with Crippen LogP contribution in [-0.2, 0) is 0 Å². The summed E-state index contributed by atoms with van der Waals surface area (Å²) in [5.74, 6) is 0.989. The Hall–Kier alpha value is -0.915. The highest BCUT2D eigenvalue weighted by Gasteiger charge is 1.91. The summed E-state index contributed by atoms with van der Waals surface area (Å²) < 4.78 is 5.53. The predicted molar refractivity (Wildman–Crippen MR) is 55.0 cm³/mol. The molecule has 0 radical (unpaired) electrons. The van der Waals surface area contributed by atoms with Gasteiger partial charge in [0.15, 0.2) is 0 Å². The molecule has 1 aromatic rings. The second kappa shape index (κ2) is 4.86. The van der Waals surface area contributed by atoms with Crippen LogP contribution in [0.2, 0.25) is 0 Å². The highest BCUT2D eigenvalue weighted by atomic mass is 16.5. The van der Waals surface area contributed by atoms with Crippen molar-refractivity contribution < 1.29 is 4.74 Å². The summed E-state index contributed by atoms with van der Waals surface area (Å²) in [6, 6.07) is 8.17. The van der Waals surface area contributed by atoms with E-state index in [0.29, 0.717) is 0 Å². The third-order valence-corrected chi connectivity index (χ3v) is 1.76. The molecule has 0 saturated carbocycles. The fourth-order valence-electron chi connectivity index (χ4n) is 1.04. The van der Waals surface area contributed by atoms with Crippen molar-refractivity contribution in [2.75, 3.05) is 6.61 Å². The Morgan fingerprint density at radius 2 is 2.25 bits per heavy atom. The number of benzene rings is 1. The molecule has 0 spiro atoms. The van der Waals surface area contributed by atoms with E-state index in [9.17, 15) is 0 Å². The van der Waals surface area contributed by atoms with Gasteiger partial charge in [-0.25, -0.2) is 0 Å². The normalized spacial score (nSPS) is 9.75. The average molecular weight is 162 g/mol. The standard InChI is InChI=1S/C10H15BO/c1-2-3-7-12-10-6-4-5-9(11)8-10/h4-6,8H,2-3,7,11H2,1H3. The Bertz CT molecular complexity index is 235. The highest BCUT2D eigenvalue weighted by Crippen LogP contribution is 2.06. The lowest BCUT2D eigenvalue weighted by Gasteiger charge is -2.05. The third kappa shape index (κ3) is 2.99. The SMILES string of the molecule is Bc1cccc(OCCCC)c1. The first-order valence-corrected chi connectivity index (χ1v) is 4.52. The maximum atomic E-state index is 5.53. The van der Waals surface area contributed by atoms with E-state index in [1.54, 1.807) is 0 Å². The van der Waals surface area contributed by atoms with Crippen LogP contribution in [0.5, 0.6) is 5.75 Å². The Morgan fingerprint density at radius 1 is 1.42 bits per heavy atom. The van der Waals surface area contributed by atoms with Crippen LogP contribution in [-0.4, -0.2) is 14.5 Å². The van der Waals surface area contributed by atoms with Crippen molar-refractivity contribution in [3.63, 3.8) is 0 Å². The second-order valence-corrected chi connectivity index (χ2v) is 3.02. The van der Waals surface area contributed by atoms with Gasteiger partial charge in [0, 0.05) is 0 Å². The van der Waals surface area contributed by atoms with E-state index in [0.717, 1.165) is 18.8 Å². The number of unbranched alkanes of at least 4 members (excludes halogenated alkanes) is 1. The van der Waals surface area contributed by atoms with E-state index in [1.807, 2.05) is 12.1 Å². The molecule has 0 amide bonds. The topological polar surface area (TPSA) is 9.23 Å². The van der Waals surface area contributed by atoms with Gasteiger partial charge >= 0.3 is 0 Å². The molecule has 1 rings (SSSR count). The molecule has 12 heavy (non-hydrogen) atoms. The Morgan fingerprint density at radius 3 is 2.92 bits per heavy atom. The van der Waals surface area contributed by atoms with Crippen LogP contribution in [0.4, 0.5) is 0 Å². The van der Waals surface area contributed by atoms with Gasteiger partial charge in [-0.2, -0.15) is 0 Å². The zero-order valence-corrected chi connectivity index (χ0v) is 7.84. The number of hydrogen-bond donors (Lipinski definition) is 0. The summed E-state index contributed by atoms with van der Waals surface area (Å²) in [5.41, 5.74) is 1.25. The fourth-order valence-corrected chi connectivity index (χ4v) is 1.04. The Balaban J connectivity index is 2.41. The van der Waals surface area contributed by atoms with Gasteiger partial charge in [0.05, 0.1) is 6.61 Å². The van der Waals surface area contributed by atoms with E-state index < -0.39 is 0 Å². The van der Waals surface area contributed by atoms with Crippen LogP contribution >= 0.6 is 0 Å². The van der Waals surface area contributed by atoms with Crippen LogP contribution in [0.15, 0.2) is 24.3 Å². The van der Waals surface area contributed by atoms with E-state index in [1.165, 1.54) is 11.9 Å². The minimum Gasteiger partial charge on any atom is -0.494 e. The molecule has 0 N–H and O–H groups in total. The fraction of sp³-hybridized carbons (Fsp3) is 0.400. The van der Waals surface area contributed by atoms with Crippen LogP contribution in [0.3, 0.4) is 0 Å². The zero-order chi connectivity index (χ0) is 8.81. The van der Waals surface area contributed by atoms with E-state index in [4.69, 9.17) is 4.74 Å². The molecule has 0 aliphatic rings. The molecule has 1 nitrogen and oxygen atoms in total. The number of ether oxygens (including phenoxy) is 1. The van der Waals surface area contributed by atoms with Crippen molar-refractivity contribution in [1.29, 1.82) is 0 Å². The molecule has 0 saturated heterocycles. The van der Waals surface area contributed by atoms with Gasteiger partial charge in [-0.15, -0.1) is 0 Å². The maximum Gasteiger partial charge on any atom is 0.139 e. The van der Waals surface area contributed by atoms with Crippen molar-refractivity contribution in [1.82, 2.24) is 0 Å². The Kier molecular flexibility index (Phi) is 3.72. The molecular weight excluding hydrogens is 147 g/mol. The summed E-state index contributed by atoms with van der Waals surface area (Å²) in [6.45, 7) is 3.00. The third-order valence-electron chi connectivity index (χ3n) is 1.76. The molecule has 2 heteroatoms. The van der Waals surface area contributed by atoms with Gasteiger partial charge < -0.3 is 4.74 Å². The lowest BCUT2D eigenvalue weighted by atomic mass is 9.96. The number of rotatable bonds is 4. The molecule has 64 valence electrons. The van der Waals surface area contributed by atoms with Crippen LogP contribution in [0.25, 0.3) is 0 Å². The maximum absolute atomic E-state index is 5.53. The summed E-state index contributed by atoms with van der Waals surface area (Å²) in [6.07, 6.45) is 2.32. The van der Waals surface area contributed by atoms with Gasteiger partial charge in [-0.05, 0) is 18.6 Å². The minimum atomic E-state index is 0.833.